The van der Waals surface area contributed by atoms with E-state index in [4.69, 9.17) is 0 Å². The van der Waals surface area contributed by atoms with Crippen molar-refractivity contribution in [3.63, 3.8) is 0 Å². The van der Waals surface area contributed by atoms with Crippen molar-refractivity contribution in [1.82, 2.24) is 9.44 Å². The third kappa shape index (κ3) is 8.44. The van der Waals surface area contributed by atoms with Crippen molar-refractivity contribution in [2.45, 2.75) is 52.4 Å². The Morgan fingerprint density at radius 1 is 0.826 bits per heavy atom. The molecule has 130 valence electrons. The van der Waals surface area contributed by atoms with E-state index < -0.39 is 10.2 Å². The smallest absolute Gasteiger partial charge is 0.300 e. The number of aliphatic imine (C=N–C) groups is 2. The minimum atomic E-state index is -3.63. The molecule has 1 heterocycles. The Morgan fingerprint density at radius 3 is 1.57 bits per heavy atom. The van der Waals surface area contributed by atoms with Crippen LogP contribution in [-0.4, -0.2) is 44.7 Å². The molecule has 0 aromatic rings. The first-order chi connectivity index (χ1) is 10.8. The van der Waals surface area contributed by atoms with Gasteiger partial charge in [-0.3, -0.25) is 9.98 Å². The van der Waals surface area contributed by atoms with Gasteiger partial charge in [-0.15, -0.1) is 0 Å². The lowest BCUT2D eigenvalue weighted by Crippen LogP contribution is -2.24. The van der Waals surface area contributed by atoms with Crippen LogP contribution in [0.2, 0.25) is 0 Å². The van der Waals surface area contributed by atoms with Crippen LogP contribution in [0.3, 0.4) is 0 Å². The first-order valence-corrected chi connectivity index (χ1v) is 9.17. The van der Waals surface area contributed by atoms with Crippen LogP contribution in [-0.2, 0) is 19.8 Å². The van der Waals surface area contributed by atoms with Gasteiger partial charge in [0.15, 0.2) is 11.7 Å². The van der Waals surface area contributed by atoms with E-state index in [1.165, 1.54) is 13.8 Å². The summed E-state index contributed by atoms with van der Waals surface area (Å²) in [4.78, 5) is 30.1. The Bertz CT molecular complexity index is 550. The minimum Gasteiger partial charge on any atom is -0.300 e. The van der Waals surface area contributed by atoms with Crippen molar-refractivity contribution in [3.05, 3.63) is 0 Å². The van der Waals surface area contributed by atoms with Crippen molar-refractivity contribution < 1.29 is 18.0 Å². The molecule has 0 aromatic carbocycles. The quantitative estimate of drug-likeness (QED) is 0.568. The van der Waals surface area contributed by atoms with Gasteiger partial charge in [-0.25, -0.2) is 9.44 Å². The summed E-state index contributed by atoms with van der Waals surface area (Å²) in [7, 11) is -3.63. The molecule has 1 aliphatic rings. The lowest BCUT2D eigenvalue weighted by atomic mass is 10.2. The maximum Gasteiger partial charge on any atom is 0.324 e. The summed E-state index contributed by atoms with van der Waals surface area (Å²) in [6.45, 7) is 3.93. The fourth-order valence-electron chi connectivity index (χ4n) is 1.94. The summed E-state index contributed by atoms with van der Waals surface area (Å²) in [5.74, 6) is 0.682. The number of ketones is 2. The summed E-state index contributed by atoms with van der Waals surface area (Å²) >= 11 is 0. The summed E-state index contributed by atoms with van der Waals surface area (Å²) in [5.41, 5.74) is 0. The first-order valence-electron chi connectivity index (χ1n) is 7.69. The zero-order valence-corrected chi connectivity index (χ0v) is 14.4. The van der Waals surface area contributed by atoms with E-state index in [-0.39, 0.29) is 23.2 Å². The number of hydrogen-bond acceptors (Lipinski definition) is 6. The highest BCUT2D eigenvalue weighted by atomic mass is 32.2. The predicted molar refractivity (Wildman–Crippen MR) is 88.9 cm³/mol. The molecule has 9 heteroatoms. The summed E-state index contributed by atoms with van der Waals surface area (Å²) < 4.78 is 27.7. The molecule has 0 unspecified atom stereocenters. The van der Waals surface area contributed by atoms with Gasteiger partial charge in [0.1, 0.15) is 11.6 Å². The molecule has 2 N–H and O–H groups in total. The van der Waals surface area contributed by atoms with Gasteiger partial charge in [-0.1, -0.05) is 0 Å². The van der Waals surface area contributed by atoms with Crippen molar-refractivity contribution in [2.24, 2.45) is 9.98 Å². The summed E-state index contributed by atoms with van der Waals surface area (Å²) in [6, 6.07) is 0. The molecule has 0 saturated carbocycles. The average Bonchev–Trinajstić information content (AvgIpc) is 2.72. The molecule has 0 amide bonds. The maximum absolute atomic E-state index is 11.5. The number of unbranched alkanes of at least 4 members (excludes halogenated alkanes) is 2. The van der Waals surface area contributed by atoms with Gasteiger partial charge >= 0.3 is 10.2 Å². The number of hydrogen-bond donors (Lipinski definition) is 2. The van der Waals surface area contributed by atoms with Gasteiger partial charge < -0.3 is 9.59 Å². The van der Waals surface area contributed by atoms with Crippen LogP contribution in [0.4, 0.5) is 0 Å². The molecule has 1 saturated heterocycles. The lowest BCUT2D eigenvalue weighted by molar-refractivity contribution is -0.117. The number of amidine groups is 2. The predicted octanol–water partition coefficient (Wildman–Crippen LogP) is 0.740. The van der Waals surface area contributed by atoms with E-state index in [2.05, 4.69) is 19.4 Å². The minimum absolute atomic E-state index is 0.133. The van der Waals surface area contributed by atoms with Gasteiger partial charge in [0.2, 0.25) is 0 Å². The largest absolute Gasteiger partial charge is 0.324 e. The molecule has 23 heavy (non-hydrogen) atoms. The van der Waals surface area contributed by atoms with E-state index in [0.29, 0.717) is 38.8 Å². The molecule has 1 fully saturated rings. The second-order valence-electron chi connectivity index (χ2n) is 5.49. The average molecular weight is 344 g/mol. The number of nitrogens with one attached hydrogen (secondary N) is 2. The number of Topliss-reactive ketones (excluding diaryl/α,β-unsaturated/α-hetero) is 2. The highest BCUT2D eigenvalue weighted by Crippen LogP contribution is 2.01. The normalized spacial score (nSPS) is 19.6. The highest BCUT2D eigenvalue weighted by Gasteiger charge is 2.27. The molecule has 0 atom stereocenters. The number of carbonyl (C=O) groups excluding carboxylic acids is 2. The topological polar surface area (TPSA) is 117 Å². The fourth-order valence-corrected chi connectivity index (χ4v) is 2.83. The van der Waals surface area contributed by atoms with Crippen LogP contribution in [0.15, 0.2) is 9.98 Å². The molecular weight excluding hydrogens is 320 g/mol. The van der Waals surface area contributed by atoms with Crippen molar-refractivity contribution in [3.8, 4) is 0 Å². The van der Waals surface area contributed by atoms with Crippen LogP contribution in [0.25, 0.3) is 0 Å². The third-order valence-electron chi connectivity index (χ3n) is 3.10. The van der Waals surface area contributed by atoms with Gasteiger partial charge in [0.25, 0.3) is 0 Å². The number of carbonyl (C=O) groups is 2. The zero-order chi connectivity index (χ0) is 17.3. The SMILES string of the molecule is CC(=O)CCCCN=C1NS(=O)(=O)NC1=NCCCCC(C)=O. The molecule has 1 rings (SSSR count). The lowest BCUT2D eigenvalue weighted by Gasteiger charge is -1.99. The molecule has 1 aliphatic heterocycles. The zero-order valence-electron chi connectivity index (χ0n) is 13.6. The third-order valence-corrected chi connectivity index (χ3v) is 4.02. The van der Waals surface area contributed by atoms with Crippen molar-refractivity contribution in [2.75, 3.05) is 13.1 Å². The molecule has 0 aromatic heterocycles. The van der Waals surface area contributed by atoms with E-state index >= 15 is 0 Å². The Labute approximate surface area is 137 Å². The second-order valence-corrected chi connectivity index (χ2v) is 6.90. The van der Waals surface area contributed by atoms with Gasteiger partial charge in [-0.05, 0) is 39.5 Å². The van der Waals surface area contributed by atoms with Crippen LogP contribution < -0.4 is 9.44 Å². The van der Waals surface area contributed by atoms with E-state index in [9.17, 15) is 18.0 Å². The van der Waals surface area contributed by atoms with Crippen LogP contribution in [0.5, 0.6) is 0 Å². The fraction of sp³-hybridized carbons (Fsp3) is 0.714. The molecule has 8 nitrogen and oxygen atoms in total. The second kappa shape index (κ2) is 9.39. The van der Waals surface area contributed by atoms with Crippen molar-refractivity contribution in [1.29, 1.82) is 0 Å². The monoisotopic (exact) mass is 344 g/mol. The van der Waals surface area contributed by atoms with E-state index in [1.54, 1.807) is 0 Å². The Kier molecular flexibility index (Phi) is 7.87. The van der Waals surface area contributed by atoms with E-state index in [0.717, 1.165) is 12.8 Å². The Balaban J connectivity index is 2.50. The highest BCUT2D eigenvalue weighted by molar-refractivity contribution is 7.89. The molecule has 0 spiro atoms. The van der Waals surface area contributed by atoms with Crippen LogP contribution in [0, 0.1) is 0 Å². The van der Waals surface area contributed by atoms with E-state index in [1.807, 2.05) is 0 Å². The van der Waals surface area contributed by atoms with Gasteiger partial charge in [0.05, 0.1) is 0 Å². The first kappa shape index (κ1) is 19.3. The summed E-state index contributed by atoms with van der Waals surface area (Å²) in [5, 5.41) is 0. The molecule has 0 bridgehead atoms. The number of nitrogens with zero attached hydrogens (tertiary/aromatic N) is 2. The van der Waals surface area contributed by atoms with Crippen LogP contribution >= 0.6 is 0 Å². The van der Waals surface area contributed by atoms with Crippen molar-refractivity contribution >= 4 is 33.4 Å². The molecule has 0 radical (unpaired) electrons. The summed E-state index contributed by atoms with van der Waals surface area (Å²) in [6.07, 6.45) is 3.87. The number of rotatable bonds is 10. The van der Waals surface area contributed by atoms with Gasteiger partial charge in [-0.2, -0.15) is 8.42 Å². The molecular formula is C14H24N4O4S. The van der Waals surface area contributed by atoms with Crippen LogP contribution in [0.1, 0.15) is 52.4 Å². The maximum atomic E-state index is 11.5. The Morgan fingerprint density at radius 2 is 1.22 bits per heavy atom. The standard InChI is InChI=1S/C14H24N4O4S/c1-11(19)7-3-5-9-15-13-14(18-23(21,22)17-13)16-10-6-4-8-12(2)20/h3-10H2,1-2H3,(H,15,17)(H,16,18). The molecule has 0 aliphatic carbocycles. The van der Waals surface area contributed by atoms with Gasteiger partial charge in [0, 0.05) is 25.9 Å². The Hall–Kier alpha value is -1.77.